The standard InChI is InChI=1S/C15H17NO4/c1-19-13-6-5-12(11-17)14(10-13)20-9-8-16-7-3-2-4-15(16)18/h2-7,10,17H,8-9,11H2,1H3. The second-order valence-corrected chi connectivity index (χ2v) is 4.21. The van der Waals surface area contributed by atoms with E-state index in [9.17, 15) is 9.90 Å². The van der Waals surface area contributed by atoms with Gasteiger partial charge in [0.25, 0.3) is 5.56 Å². The Labute approximate surface area is 117 Å². The zero-order chi connectivity index (χ0) is 14.4. The van der Waals surface area contributed by atoms with E-state index in [1.165, 1.54) is 6.07 Å². The molecule has 0 aliphatic carbocycles. The molecular weight excluding hydrogens is 258 g/mol. The van der Waals surface area contributed by atoms with Crippen molar-refractivity contribution in [3.05, 3.63) is 58.5 Å². The van der Waals surface area contributed by atoms with Crippen LogP contribution in [-0.4, -0.2) is 23.4 Å². The molecular formula is C15H17NO4. The number of aliphatic hydroxyl groups is 1. The summed E-state index contributed by atoms with van der Waals surface area (Å²) in [6.07, 6.45) is 1.71. The highest BCUT2D eigenvalue weighted by atomic mass is 16.5. The number of benzene rings is 1. The van der Waals surface area contributed by atoms with Gasteiger partial charge in [-0.2, -0.15) is 0 Å². The van der Waals surface area contributed by atoms with Crippen LogP contribution in [0.5, 0.6) is 11.5 Å². The average molecular weight is 275 g/mol. The third-order valence-electron chi connectivity index (χ3n) is 2.93. The largest absolute Gasteiger partial charge is 0.497 e. The Bertz CT molecular complexity index is 621. The van der Waals surface area contributed by atoms with Crippen LogP contribution in [-0.2, 0) is 13.2 Å². The summed E-state index contributed by atoms with van der Waals surface area (Å²) in [6, 6.07) is 10.2. The Morgan fingerprint density at radius 3 is 2.80 bits per heavy atom. The van der Waals surface area contributed by atoms with Gasteiger partial charge in [-0.15, -0.1) is 0 Å². The number of ether oxygens (including phenoxy) is 2. The molecule has 0 amide bonds. The number of pyridine rings is 1. The van der Waals surface area contributed by atoms with Crippen molar-refractivity contribution in [3.8, 4) is 11.5 Å². The van der Waals surface area contributed by atoms with E-state index in [4.69, 9.17) is 9.47 Å². The summed E-state index contributed by atoms with van der Waals surface area (Å²) in [5, 5.41) is 9.27. The molecule has 1 heterocycles. The summed E-state index contributed by atoms with van der Waals surface area (Å²) in [5.41, 5.74) is 0.621. The van der Waals surface area contributed by atoms with Gasteiger partial charge in [0.1, 0.15) is 18.1 Å². The average Bonchev–Trinajstić information content (AvgIpc) is 2.49. The first-order chi connectivity index (χ1) is 9.74. The summed E-state index contributed by atoms with van der Waals surface area (Å²) >= 11 is 0. The molecule has 5 heteroatoms. The van der Waals surface area contributed by atoms with Gasteiger partial charge in [-0.1, -0.05) is 6.07 Å². The molecule has 1 aromatic carbocycles. The molecule has 1 N–H and O–H groups in total. The number of hydrogen-bond acceptors (Lipinski definition) is 4. The topological polar surface area (TPSA) is 60.7 Å². The lowest BCUT2D eigenvalue weighted by atomic mass is 10.2. The molecule has 0 atom stereocenters. The molecule has 0 saturated heterocycles. The maximum Gasteiger partial charge on any atom is 0.250 e. The van der Waals surface area contributed by atoms with Crippen LogP contribution in [0.2, 0.25) is 0 Å². The number of aromatic nitrogens is 1. The van der Waals surface area contributed by atoms with Crippen LogP contribution >= 0.6 is 0 Å². The van der Waals surface area contributed by atoms with Gasteiger partial charge in [-0.25, -0.2) is 0 Å². The predicted molar refractivity (Wildman–Crippen MR) is 75.1 cm³/mol. The summed E-state index contributed by atoms with van der Waals surface area (Å²) in [5.74, 6) is 1.23. The van der Waals surface area contributed by atoms with Crippen LogP contribution in [0.1, 0.15) is 5.56 Å². The van der Waals surface area contributed by atoms with Gasteiger partial charge in [0.15, 0.2) is 0 Å². The van der Waals surface area contributed by atoms with Crippen molar-refractivity contribution in [2.75, 3.05) is 13.7 Å². The maximum atomic E-state index is 11.5. The lowest BCUT2D eigenvalue weighted by Crippen LogP contribution is -2.21. The molecule has 0 aliphatic heterocycles. The molecule has 0 bridgehead atoms. The quantitative estimate of drug-likeness (QED) is 0.866. The number of nitrogens with zero attached hydrogens (tertiary/aromatic N) is 1. The molecule has 0 saturated carbocycles. The third-order valence-corrected chi connectivity index (χ3v) is 2.93. The minimum Gasteiger partial charge on any atom is -0.497 e. The van der Waals surface area contributed by atoms with E-state index in [-0.39, 0.29) is 12.2 Å². The van der Waals surface area contributed by atoms with Crippen LogP contribution in [0.15, 0.2) is 47.4 Å². The van der Waals surface area contributed by atoms with E-state index >= 15 is 0 Å². The molecule has 2 aromatic rings. The molecule has 0 spiro atoms. The fourth-order valence-corrected chi connectivity index (χ4v) is 1.83. The van der Waals surface area contributed by atoms with E-state index in [0.29, 0.717) is 30.2 Å². The van der Waals surface area contributed by atoms with Crippen molar-refractivity contribution in [1.82, 2.24) is 4.57 Å². The Morgan fingerprint density at radius 1 is 1.25 bits per heavy atom. The van der Waals surface area contributed by atoms with Gasteiger partial charge in [0, 0.05) is 23.9 Å². The van der Waals surface area contributed by atoms with Gasteiger partial charge in [-0.05, 0) is 18.2 Å². The summed E-state index contributed by atoms with van der Waals surface area (Å²) in [4.78, 5) is 11.5. The smallest absolute Gasteiger partial charge is 0.250 e. The first-order valence-corrected chi connectivity index (χ1v) is 6.30. The van der Waals surface area contributed by atoms with Crippen LogP contribution in [0, 0.1) is 0 Å². The lowest BCUT2D eigenvalue weighted by Gasteiger charge is -2.12. The van der Waals surface area contributed by atoms with Crippen molar-refractivity contribution in [3.63, 3.8) is 0 Å². The van der Waals surface area contributed by atoms with E-state index in [2.05, 4.69) is 0 Å². The van der Waals surface area contributed by atoms with Gasteiger partial charge in [0.2, 0.25) is 0 Å². The van der Waals surface area contributed by atoms with Gasteiger partial charge < -0.3 is 19.1 Å². The molecule has 20 heavy (non-hydrogen) atoms. The summed E-state index contributed by atoms with van der Waals surface area (Å²) < 4.78 is 12.3. The number of methoxy groups -OCH3 is 1. The van der Waals surface area contributed by atoms with Gasteiger partial charge in [-0.3, -0.25) is 4.79 Å². The van der Waals surface area contributed by atoms with E-state index in [1.807, 2.05) is 0 Å². The number of aliphatic hydroxyl groups excluding tert-OH is 1. The zero-order valence-corrected chi connectivity index (χ0v) is 11.3. The van der Waals surface area contributed by atoms with Crippen molar-refractivity contribution in [1.29, 1.82) is 0 Å². The Hall–Kier alpha value is -2.27. The fraction of sp³-hybridized carbons (Fsp3) is 0.267. The van der Waals surface area contributed by atoms with Crippen LogP contribution in [0.25, 0.3) is 0 Å². The first kappa shape index (κ1) is 14.1. The van der Waals surface area contributed by atoms with Crippen LogP contribution in [0.4, 0.5) is 0 Å². The highest BCUT2D eigenvalue weighted by Crippen LogP contribution is 2.24. The normalized spacial score (nSPS) is 10.3. The van der Waals surface area contributed by atoms with E-state index < -0.39 is 0 Å². The first-order valence-electron chi connectivity index (χ1n) is 6.30. The van der Waals surface area contributed by atoms with Gasteiger partial charge in [0.05, 0.1) is 20.3 Å². The second kappa shape index (κ2) is 6.77. The predicted octanol–water partition coefficient (Wildman–Crippen LogP) is 1.43. The Morgan fingerprint density at radius 2 is 2.10 bits per heavy atom. The Balaban J connectivity index is 2.03. The molecule has 0 unspecified atom stereocenters. The molecule has 0 radical (unpaired) electrons. The maximum absolute atomic E-state index is 11.5. The van der Waals surface area contributed by atoms with Crippen molar-refractivity contribution >= 4 is 0 Å². The number of rotatable bonds is 6. The number of hydrogen-bond donors (Lipinski definition) is 1. The van der Waals surface area contributed by atoms with Crippen LogP contribution in [0.3, 0.4) is 0 Å². The SMILES string of the molecule is COc1ccc(CO)c(OCCn2ccccc2=O)c1. The molecule has 5 nitrogen and oxygen atoms in total. The summed E-state index contributed by atoms with van der Waals surface area (Å²) in [7, 11) is 1.57. The van der Waals surface area contributed by atoms with Crippen molar-refractivity contribution in [2.45, 2.75) is 13.2 Å². The van der Waals surface area contributed by atoms with E-state index in [0.717, 1.165) is 0 Å². The summed E-state index contributed by atoms with van der Waals surface area (Å²) in [6.45, 7) is 0.677. The molecule has 1 aromatic heterocycles. The molecule has 2 rings (SSSR count). The van der Waals surface area contributed by atoms with Gasteiger partial charge >= 0.3 is 0 Å². The second-order valence-electron chi connectivity index (χ2n) is 4.21. The zero-order valence-electron chi connectivity index (χ0n) is 11.3. The van der Waals surface area contributed by atoms with Crippen molar-refractivity contribution < 1.29 is 14.6 Å². The minimum absolute atomic E-state index is 0.0656. The fourth-order valence-electron chi connectivity index (χ4n) is 1.83. The van der Waals surface area contributed by atoms with E-state index in [1.54, 1.807) is 48.2 Å². The lowest BCUT2D eigenvalue weighted by molar-refractivity contribution is 0.256. The monoisotopic (exact) mass is 275 g/mol. The van der Waals surface area contributed by atoms with Crippen LogP contribution < -0.4 is 15.0 Å². The molecule has 106 valence electrons. The Kier molecular flexibility index (Phi) is 4.79. The third kappa shape index (κ3) is 3.39. The van der Waals surface area contributed by atoms with Crippen molar-refractivity contribution in [2.24, 2.45) is 0 Å². The highest BCUT2D eigenvalue weighted by Gasteiger charge is 2.05. The minimum atomic E-state index is -0.107. The molecule has 0 fully saturated rings. The highest BCUT2D eigenvalue weighted by molar-refractivity contribution is 5.40. The molecule has 0 aliphatic rings.